The summed E-state index contributed by atoms with van der Waals surface area (Å²) in [6, 6.07) is 0. The van der Waals surface area contributed by atoms with Gasteiger partial charge in [-0.2, -0.15) is 10.2 Å². The Morgan fingerprint density at radius 3 is 2.76 bits per heavy atom. The molecule has 0 unspecified atom stereocenters. The molecule has 0 fully saturated rings. The van der Waals surface area contributed by atoms with Crippen molar-refractivity contribution in [2.45, 2.75) is 0 Å². The van der Waals surface area contributed by atoms with Crippen molar-refractivity contribution in [2.24, 2.45) is 0 Å². The molecule has 0 aromatic carbocycles. The van der Waals surface area contributed by atoms with Crippen LogP contribution in [0.15, 0.2) is 25.0 Å². The lowest BCUT2D eigenvalue weighted by Gasteiger charge is -2.17. The first-order valence-corrected chi connectivity index (χ1v) is 4.63. The van der Waals surface area contributed by atoms with E-state index in [9.17, 15) is 9.59 Å². The van der Waals surface area contributed by atoms with E-state index < -0.39 is 12.1 Å². The van der Waals surface area contributed by atoms with Crippen LogP contribution in [0.3, 0.4) is 0 Å². The highest BCUT2D eigenvalue weighted by Crippen LogP contribution is 2.17. The molecule has 0 aliphatic heterocycles. The Morgan fingerprint density at radius 1 is 1.53 bits per heavy atom. The summed E-state index contributed by atoms with van der Waals surface area (Å²) in [7, 11) is 1.38. The van der Waals surface area contributed by atoms with E-state index in [0.717, 1.165) is 11.1 Å². The van der Waals surface area contributed by atoms with Crippen molar-refractivity contribution < 1.29 is 19.4 Å². The van der Waals surface area contributed by atoms with Gasteiger partial charge in [-0.1, -0.05) is 12.7 Å². The Morgan fingerprint density at radius 2 is 2.18 bits per heavy atom. The highest BCUT2D eigenvalue weighted by Gasteiger charge is 2.19. The maximum atomic E-state index is 11.5. The monoisotopic (exact) mass is 237 g/mol. The number of carboxylic acid groups (broad SMARTS) is 1. The second-order valence-corrected chi connectivity index (χ2v) is 3.02. The molecule has 0 aliphatic rings. The zero-order valence-electron chi connectivity index (χ0n) is 9.16. The molecule has 1 heterocycles. The molecular formula is C10H11N3O4. The zero-order chi connectivity index (χ0) is 12.8. The third kappa shape index (κ3) is 3.00. The van der Waals surface area contributed by atoms with Gasteiger partial charge >= 0.3 is 12.1 Å². The molecule has 0 spiro atoms. The maximum absolute atomic E-state index is 11.5. The minimum absolute atomic E-state index is 0.0457. The lowest BCUT2D eigenvalue weighted by Crippen LogP contribution is -2.29. The van der Waals surface area contributed by atoms with Crippen molar-refractivity contribution >= 4 is 17.7 Å². The first-order valence-electron chi connectivity index (χ1n) is 4.63. The lowest BCUT2D eigenvalue weighted by molar-refractivity contribution is 0.0697. The van der Waals surface area contributed by atoms with Crippen LogP contribution in [0.1, 0.15) is 10.4 Å². The molecule has 0 radical (unpaired) electrons. The highest BCUT2D eigenvalue weighted by atomic mass is 16.6. The number of carbonyl (C=O) groups excluding carboxylic acids is 1. The first kappa shape index (κ1) is 12.6. The highest BCUT2D eigenvalue weighted by molar-refractivity contribution is 5.99. The van der Waals surface area contributed by atoms with E-state index in [1.54, 1.807) is 0 Å². The molecular weight excluding hydrogens is 226 g/mol. The van der Waals surface area contributed by atoms with Gasteiger partial charge < -0.3 is 9.84 Å². The fraction of sp³-hybridized carbons (Fsp3) is 0.200. The van der Waals surface area contributed by atoms with E-state index in [2.05, 4.69) is 16.8 Å². The summed E-state index contributed by atoms with van der Waals surface area (Å²) in [6.07, 6.45) is 2.96. The van der Waals surface area contributed by atoms with E-state index >= 15 is 0 Å². The molecule has 0 atom stereocenters. The molecule has 1 rings (SSSR count). The molecule has 0 saturated heterocycles. The van der Waals surface area contributed by atoms with Gasteiger partial charge in [-0.3, -0.25) is 4.90 Å². The summed E-state index contributed by atoms with van der Waals surface area (Å²) >= 11 is 0. The van der Waals surface area contributed by atoms with E-state index in [0.29, 0.717) is 0 Å². The maximum Gasteiger partial charge on any atom is 0.414 e. The zero-order valence-corrected chi connectivity index (χ0v) is 9.16. The number of aromatic nitrogens is 2. The predicted octanol–water partition coefficient (Wildman–Crippen LogP) is 0.934. The summed E-state index contributed by atoms with van der Waals surface area (Å²) in [4.78, 5) is 23.4. The average molecular weight is 237 g/mol. The molecule has 1 amide bonds. The second kappa shape index (κ2) is 5.59. The lowest BCUT2D eigenvalue weighted by atomic mass is 10.2. The number of hydrogen-bond acceptors (Lipinski definition) is 5. The predicted molar refractivity (Wildman–Crippen MR) is 58.9 cm³/mol. The fourth-order valence-corrected chi connectivity index (χ4v) is 1.07. The van der Waals surface area contributed by atoms with E-state index in [1.165, 1.54) is 19.3 Å². The van der Waals surface area contributed by atoms with Gasteiger partial charge in [-0.15, -0.1) is 0 Å². The van der Waals surface area contributed by atoms with Crippen LogP contribution in [0, 0.1) is 0 Å². The van der Waals surface area contributed by atoms with Crippen LogP contribution in [0.25, 0.3) is 0 Å². The Kier molecular flexibility index (Phi) is 4.15. The Balaban J connectivity index is 2.95. The van der Waals surface area contributed by atoms with E-state index in [-0.39, 0.29) is 17.9 Å². The van der Waals surface area contributed by atoms with Crippen LogP contribution >= 0.6 is 0 Å². The van der Waals surface area contributed by atoms with Crippen LogP contribution in [0.2, 0.25) is 0 Å². The summed E-state index contributed by atoms with van der Waals surface area (Å²) < 4.78 is 4.77. The number of anilines is 1. The van der Waals surface area contributed by atoms with Crippen molar-refractivity contribution in [1.29, 1.82) is 0 Å². The molecule has 0 aliphatic carbocycles. The minimum Gasteiger partial charge on any atom is -0.478 e. The number of carbonyl (C=O) groups is 2. The number of aromatic carboxylic acids is 1. The largest absolute Gasteiger partial charge is 0.478 e. The molecule has 0 bridgehead atoms. The third-order valence-electron chi connectivity index (χ3n) is 1.90. The second-order valence-electron chi connectivity index (χ2n) is 3.02. The summed E-state index contributed by atoms with van der Waals surface area (Å²) in [6.45, 7) is 3.44. The standard InChI is InChI=1S/C10H11N3O4/c1-3-4-17-10(16)13(2)8-6-12-11-5-7(8)9(14)15/h3,5-6H,1,4H2,2H3,(H,14,15). The molecule has 1 aromatic heterocycles. The average Bonchev–Trinajstić information content (AvgIpc) is 2.34. The smallest absolute Gasteiger partial charge is 0.414 e. The molecule has 1 N–H and O–H groups in total. The normalized spacial score (nSPS) is 9.47. The summed E-state index contributed by atoms with van der Waals surface area (Å²) in [5.41, 5.74) is -0.0142. The number of rotatable bonds is 4. The molecule has 90 valence electrons. The van der Waals surface area contributed by atoms with Crippen LogP contribution in [-0.4, -0.2) is 41.0 Å². The van der Waals surface area contributed by atoms with Gasteiger partial charge in [-0.05, 0) is 0 Å². The number of hydrogen-bond donors (Lipinski definition) is 1. The van der Waals surface area contributed by atoms with Crippen LogP contribution in [-0.2, 0) is 4.74 Å². The van der Waals surface area contributed by atoms with Gasteiger partial charge in [0.15, 0.2) is 0 Å². The molecule has 7 nitrogen and oxygen atoms in total. The molecule has 17 heavy (non-hydrogen) atoms. The van der Waals surface area contributed by atoms with Gasteiger partial charge in [0.05, 0.1) is 18.1 Å². The van der Waals surface area contributed by atoms with Crippen molar-refractivity contribution in [3.8, 4) is 0 Å². The summed E-state index contributed by atoms with van der Waals surface area (Å²) in [5, 5.41) is 15.9. The van der Waals surface area contributed by atoms with Crippen molar-refractivity contribution in [3.05, 3.63) is 30.6 Å². The van der Waals surface area contributed by atoms with Crippen molar-refractivity contribution in [1.82, 2.24) is 10.2 Å². The summed E-state index contributed by atoms with van der Waals surface area (Å²) in [5.74, 6) is -1.20. The van der Waals surface area contributed by atoms with Gasteiger partial charge in [0.1, 0.15) is 12.2 Å². The fourth-order valence-electron chi connectivity index (χ4n) is 1.07. The third-order valence-corrected chi connectivity index (χ3v) is 1.90. The number of nitrogens with zero attached hydrogens (tertiary/aromatic N) is 3. The quantitative estimate of drug-likeness (QED) is 0.783. The SMILES string of the molecule is C=CCOC(=O)N(C)c1cnncc1C(=O)O. The number of amides is 1. The topological polar surface area (TPSA) is 92.6 Å². The Hall–Kier alpha value is -2.44. The van der Waals surface area contributed by atoms with Gasteiger partial charge in [0.25, 0.3) is 0 Å². The first-order chi connectivity index (χ1) is 8.07. The molecule has 7 heteroatoms. The van der Waals surface area contributed by atoms with Gasteiger partial charge in [0, 0.05) is 7.05 Å². The van der Waals surface area contributed by atoms with Gasteiger partial charge in [0.2, 0.25) is 0 Å². The Labute approximate surface area is 97.3 Å². The van der Waals surface area contributed by atoms with E-state index in [4.69, 9.17) is 9.84 Å². The van der Waals surface area contributed by atoms with E-state index in [1.807, 2.05) is 0 Å². The number of carboxylic acids is 1. The molecule has 1 aromatic rings. The van der Waals surface area contributed by atoms with Gasteiger partial charge in [-0.25, -0.2) is 9.59 Å². The van der Waals surface area contributed by atoms with Crippen molar-refractivity contribution in [3.63, 3.8) is 0 Å². The van der Waals surface area contributed by atoms with Crippen molar-refractivity contribution in [2.75, 3.05) is 18.6 Å². The Bertz CT molecular complexity index is 447. The minimum atomic E-state index is -1.20. The number of ether oxygens (including phenoxy) is 1. The molecule has 0 saturated carbocycles. The van der Waals surface area contributed by atoms with Crippen LogP contribution in [0.4, 0.5) is 10.5 Å². The van der Waals surface area contributed by atoms with Crippen LogP contribution in [0.5, 0.6) is 0 Å². The van der Waals surface area contributed by atoms with Crippen LogP contribution < -0.4 is 4.90 Å².